The average Bonchev–Trinajstić information content (AvgIpc) is 2.87. The number of hydrogen-bond donors (Lipinski definition) is 1. The van der Waals surface area contributed by atoms with Crippen molar-refractivity contribution in [2.75, 3.05) is 13.2 Å². The second-order valence-corrected chi connectivity index (χ2v) is 4.91. The first-order chi connectivity index (χ1) is 8.77. The van der Waals surface area contributed by atoms with E-state index in [-0.39, 0.29) is 6.23 Å². The summed E-state index contributed by atoms with van der Waals surface area (Å²) in [5, 5.41) is 9.27. The van der Waals surface area contributed by atoms with Crippen LogP contribution in [0, 0.1) is 0 Å². The topological polar surface area (TPSA) is 49.8 Å². The zero-order valence-electron chi connectivity index (χ0n) is 10.2. The Bertz CT molecular complexity index is 460. The highest BCUT2D eigenvalue weighted by molar-refractivity contribution is 5.73. The van der Waals surface area contributed by atoms with Crippen LogP contribution in [-0.4, -0.2) is 35.2 Å². The van der Waals surface area contributed by atoms with Gasteiger partial charge >= 0.3 is 5.97 Å². The van der Waals surface area contributed by atoms with Crippen LogP contribution in [0.4, 0.5) is 0 Å². The van der Waals surface area contributed by atoms with Gasteiger partial charge in [0.1, 0.15) is 12.3 Å². The zero-order chi connectivity index (χ0) is 12.5. The molecule has 1 fully saturated rings. The highest BCUT2D eigenvalue weighted by Gasteiger charge is 2.38. The number of nitrogens with zero attached hydrogens (tertiary/aromatic N) is 1. The fraction of sp³-hybridized carbons (Fsp3) is 0.500. The molecule has 2 aliphatic heterocycles. The van der Waals surface area contributed by atoms with E-state index in [1.165, 1.54) is 5.56 Å². The molecule has 1 saturated heterocycles. The summed E-state index contributed by atoms with van der Waals surface area (Å²) in [6.07, 6.45) is 2.38. The Morgan fingerprint density at radius 3 is 3.06 bits per heavy atom. The van der Waals surface area contributed by atoms with E-state index in [1.54, 1.807) is 0 Å². The minimum atomic E-state index is -0.737. The van der Waals surface area contributed by atoms with Gasteiger partial charge in [-0.3, -0.25) is 9.69 Å². The number of rotatable bonds is 2. The van der Waals surface area contributed by atoms with Crippen LogP contribution in [-0.2, 0) is 16.0 Å². The quantitative estimate of drug-likeness (QED) is 0.866. The molecular formula is C14H17NO3. The molecule has 4 heteroatoms. The molecule has 0 saturated carbocycles. The summed E-state index contributed by atoms with van der Waals surface area (Å²) in [5.74, 6) is -0.737. The Morgan fingerprint density at radius 2 is 2.22 bits per heavy atom. The van der Waals surface area contributed by atoms with E-state index in [2.05, 4.69) is 12.1 Å². The molecule has 96 valence electrons. The minimum Gasteiger partial charge on any atom is -0.480 e. The number of likely N-dealkylation sites (tertiary alicyclic amines) is 1. The predicted octanol–water partition coefficient (Wildman–Crippen LogP) is 1.81. The Morgan fingerprint density at radius 1 is 1.39 bits per heavy atom. The summed E-state index contributed by atoms with van der Waals surface area (Å²) in [4.78, 5) is 13.3. The molecule has 0 spiro atoms. The lowest BCUT2D eigenvalue weighted by Crippen LogP contribution is -2.41. The standard InChI is InChI=1S/C14H17NO3/c16-14(17)12-6-3-8-15(12)13-11-5-2-1-4-10(11)7-9-18-13/h1-2,4-5,12-13H,3,6-9H2,(H,16,17)/t12-,13?/m0/s1. The molecule has 1 aromatic rings. The molecule has 0 amide bonds. The van der Waals surface area contributed by atoms with E-state index in [4.69, 9.17) is 4.74 Å². The maximum absolute atomic E-state index is 11.3. The second kappa shape index (κ2) is 4.71. The third-order valence-corrected chi connectivity index (χ3v) is 3.85. The summed E-state index contributed by atoms with van der Waals surface area (Å²) in [6, 6.07) is 7.78. The molecule has 18 heavy (non-hydrogen) atoms. The van der Waals surface area contributed by atoms with Crippen molar-refractivity contribution in [1.29, 1.82) is 0 Å². The van der Waals surface area contributed by atoms with Crippen LogP contribution in [0.1, 0.15) is 30.2 Å². The van der Waals surface area contributed by atoms with Gasteiger partial charge < -0.3 is 9.84 Å². The van der Waals surface area contributed by atoms with Crippen molar-refractivity contribution in [3.63, 3.8) is 0 Å². The lowest BCUT2D eigenvalue weighted by atomic mass is 10.0. The van der Waals surface area contributed by atoms with E-state index in [0.29, 0.717) is 6.61 Å². The average molecular weight is 247 g/mol. The van der Waals surface area contributed by atoms with Gasteiger partial charge in [-0.15, -0.1) is 0 Å². The maximum atomic E-state index is 11.3. The van der Waals surface area contributed by atoms with E-state index < -0.39 is 12.0 Å². The van der Waals surface area contributed by atoms with Crippen LogP contribution >= 0.6 is 0 Å². The summed E-state index contributed by atoms with van der Waals surface area (Å²) in [5.41, 5.74) is 2.42. The van der Waals surface area contributed by atoms with Gasteiger partial charge in [0.05, 0.1) is 6.61 Å². The molecule has 1 unspecified atom stereocenters. The molecule has 2 heterocycles. The fourth-order valence-corrected chi connectivity index (χ4v) is 2.98. The summed E-state index contributed by atoms with van der Waals surface area (Å²) < 4.78 is 5.83. The number of carbonyl (C=O) groups is 1. The van der Waals surface area contributed by atoms with E-state index in [0.717, 1.165) is 31.4 Å². The summed E-state index contributed by atoms with van der Waals surface area (Å²) in [6.45, 7) is 1.47. The van der Waals surface area contributed by atoms with Crippen molar-refractivity contribution in [1.82, 2.24) is 4.90 Å². The number of carboxylic acid groups (broad SMARTS) is 1. The monoisotopic (exact) mass is 247 g/mol. The van der Waals surface area contributed by atoms with Crippen LogP contribution < -0.4 is 0 Å². The first-order valence-corrected chi connectivity index (χ1v) is 6.45. The molecule has 4 nitrogen and oxygen atoms in total. The van der Waals surface area contributed by atoms with Crippen LogP contribution in [0.25, 0.3) is 0 Å². The third-order valence-electron chi connectivity index (χ3n) is 3.85. The number of fused-ring (bicyclic) bond motifs is 1. The maximum Gasteiger partial charge on any atom is 0.321 e. The van der Waals surface area contributed by atoms with Gasteiger partial charge in [-0.1, -0.05) is 24.3 Å². The van der Waals surface area contributed by atoms with Gasteiger partial charge in [0.25, 0.3) is 0 Å². The predicted molar refractivity (Wildman–Crippen MR) is 66.2 cm³/mol. The molecule has 0 bridgehead atoms. The van der Waals surface area contributed by atoms with E-state index in [1.807, 2.05) is 17.0 Å². The van der Waals surface area contributed by atoms with Gasteiger partial charge in [0.15, 0.2) is 0 Å². The molecule has 2 aliphatic rings. The molecular weight excluding hydrogens is 230 g/mol. The number of hydrogen-bond acceptors (Lipinski definition) is 3. The summed E-state index contributed by atoms with van der Waals surface area (Å²) >= 11 is 0. The van der Waals surface area contributed by atoms with Gasteiger partial charge in [-0.05, 0) is 30.4 Å². The lowest BCUT2D eigenvalue weighted by Gasteiger charge is -2.35. The highest BCUT2D eigenvalue weighted by atomic mass is 16.5. The molecule has 3 rings (SSSR count). The van der Waals surface area contributed by atoms with Crippen molar-refractivity contribution in [3.05, 3.63) is 35.4 Å². The summed E-state index contributed by atoms with van der Waals surface area (Å²) in [7, 11) is 0. The van der Waals surface area contributed by atoms with Crippen molar-refractivity contribution >= 4 is 5.97 Å². The minimum absolute atomic E-state index is 0.182. The van der Waals surface area contributed by atoms with Gasteiger partial charge in [0, 0.05) is 6.54 Å². The van der Waals surface area contributed by atoms with Crippen LogP contribution in [0.2, 0.25) is 0 Å². The number of ether oxygens (including phenoxy) is 1. The van der Waals surface area contributed by atoms with Crippen molar-refractivity contribution in [2.45, 2.75) is 31.5 Å². The molecule has 0 aliphatic carbocycles. The smallest absolute Gasteiger partial charge is 0.321 e. The largest absolute Gasteiger partial charge is 0.480 e. The number of aliphatic carboxylic acids is 1. The normalized spacial score (nSPS) is 28.0. The zero-order valence-corrected chi connectivity index (χ0v) is 10.2. The van der Waals surface area contributed by atoms with Crippen LogP contribution in [0.3, 0.4) is 0 Å². The third kappa shape index (κ3) is 1.91. The lowest BCUT2D eigenvalue weighted by molar-refractivity contribution is -0.149. The molecule has 0 radical (unpaired) electrons. The SMILES string of the molecule is O=C(O)[C@@H]1CCCN1C1OCCc2ccccc21. The van der Waals surface area contributed by atoms with Crippen molar-refractivity contribution in [3.8, 4) is 0 Å². The second-order valence-electron chi connectivity index (χ2n) is 4.91. The first kappa shape index (κ1) is 11.7. The van der Waals surface area contributed by atoms with E-state index >= 15 is 0 Å². The van der Waals surface area contributed by atoms with Crippen molar-refractivity contribution < 1.29 is 14.6 Å². The van der Waals surface area contributed by atoms with Crippen molar-refractivity contribution in [2.24, 2.45) is 0 Å². The molecule has 1 N–H and O–H groups in total. The van der Waals surface area contributed by atoms with E-state index in [9.17, 15) is 9.90 Å². The molecule has 0 aromatic heterocycles. The van der Waals surface area contributed by atoms with Gasteiger partial charge in [0.2, 0.25) is 0 Å². The van der Waals surface area contributed by atoms with Crippen LogP contribution in [0.5, 0.6) is 0 Å². The Kier molecular flexibility index (Phi) is 3.06. The first-order valence-electron chi connectivity index (χ1n) is 6.45. The van der Waals surface area contributed by atoms with Gasteiger partial charge in [-0.2, -0.15) is 0 Å². The van der Waals surface area contributed by atoms with Crippen LogP contribution in [0.15, 0.2) is 24.3 Å². The highest BCUT2D eigenvalue weighted by Crippen LogP contribution is 2.34. The number of benzene rings is 1. The Balaban J connectivity index is 1.91. The Labute approximate surface area is 106 Å². The molecule has 1 aromatic carbocycles. The fourth-order valence-electron chi connectivity index (χ4n) is 2.98. The molecule has 2 atom stereocenters. The number of carboxylic acids is 1. The van der Waals surface area contributed by atoms with Gasteiger partial charge in [-0.25, -0.2) is 0 Å². The Hall–Kier alpha value is -1.39.